The van der Waals surface area contributed by atoms with Crippen LogP contribution in [0, 0.1) is 6.92 Å². The summed E-state index contributed by atoms with van der Waals surface area (Å²) in [5.74, 6) is -0.0238. The average Bonchev–Trinajstić information content (AvgIpc) is 2.84. The molecule has 3 N–H and O–H groups in total. The zero-order valence-electron chi connectivity index (χ0n) is 10.0. The van der Waals surface area contributed by atoms with Crippen molar-refractivity contribution in [2.45, 2.75) is 32.4 Å². The number of carbonyl (C=O) groups excluding carboxylic acids is 1. The lowest BCUT2D eigenvalue weighted by molar-refractivity contribution is -0.130. The van der Waals surface area contributed by atoms with E-state index in [0.717, 1.165) is 29.7 Å². The molecule has 1 aliphatic heterocycles. The number of hydrogen-bond donors (Lipinski definition) is 2. The van der Waals surface area contributed by atoms with Crippen molar-refractivity contribution in [2.75, 3.05) is 12.3 Å². The molecule has 1 fully saturated rings. The van der Waals surface area contributed by atoms with E-state index < -0.39 is 0 Å². The molecule has 0 radical (unpaired) electrons. The molecule has 0 bridgehead atoms. The minimum absolute atomic E-state index is 0.0238. The maximum Gasteiger partial charge on any atom is 0.249 e. The van der Waals surface area contributed by atoms with E-state index in [1.165, 1.54) is 0 Å². The topological polar surface area (TPSA) is 64.3 Å². The Morgan fingerprint density at radius 1 is 1.59 bits per heavy atom. The third kappa shape index (κ3) is 2.77. The first kappa shape index (κ1) is 11.9. The molecule has 1 amide bonds. The average molecular weight is 234 g/mol. The van der Waals surface area contributed by atoms with Gasteiger partial charge in [0.2, 0.25) is 5.91 Å². The van der Waals surface area contributed by atoms with E-state index in [1.807, 2.05) is 25.1 Å². The Morgan fingerprint density at radius 3 is 3.12 bits per heavy atom. The van der Waals surface area contributed by atoms with Crippen LogP contribution in [0.4, 0.5) is 5.69 Å². The number of nitrogen functional groups attached to an aromatic ring is 1. The fraction of sp³-hybridized carbons (Fsp3) is 0.462. The second-order valence-corrected chi connectivity index (χ2v) is 4.35. The number of nitrogens with one attached hydrogen (secondary N) is 1. The van der Waals surface area contributed by atoms with Crippen LogP contribution in [0.2, 0.25) is 0 Å². The van der Waals surface area contributed by atoms with Gasteiger partial charge in [0.25, 0.3) is 0 Å². The first-order chi connectivity index (χ1) is 8.18. The Balaban J connectivity index is 1.93. The number of anilines is 1. The summed E-state index contributed by atoms with van der Waals surface area (Å²) in [5.41, 5.74) is 8.65. The van der Waals surface area contributed by atoms with Gasteiger partial charge in [-0.2, -0.15) is 0 Å². The molecule has 0 spiro atoms. The van der Waals surface area contributed by atoms with Crippen LogP contribution in [-0.2, 0) is 16.1 Å². The molecule has 4 nitrogen and oxygen atoms in total. The highest BCUT2D eigenvalue weighted by Crippen LogP contribution is 2.16. The summed E-state index contributed by atoms with van der Waals surface area (Å²) in [6.07, 6.45) is 1.52. The zero-order valence-corrected chi connectivity index (χ0v) is 10.0. The summed E-state index contributed by atoms with van der Waals surface area (Å²) in [4.78, 5) is 11.7. The molecule has 0 saturated carbocycles. The van der Waals surface area contributed by atoms with Crippen molar-refractivity contribution in [1.29, 1.82) is 0 Å². The second kappa shape index (κ2) is 5.19. The van der Waals surface area contributed by atoms with Crippen LogP contribution >= 0.6 is 0 Å². The lowest BCUT2D eigenvalue weighted by atomic mass is 10.1. The first-order valence-corrected chi connectivity index (χ1v) is 5.92. The summed E-state index contributed by atoms with van der Waals surface area (Å²) in [6.45, 7) is 3.16. The highest BCUT2D eigenvalue weighted by Gasteiger charge is 2.23. The molecular formula is C13H18N2O2. The van der Waals surface area contributed by atoms with Gasteiger partial charge >= 0.3 is 0 Å². The quantitative estimate of drug-likeness (QED) is 0.776. The highest BCUT2D eigenvalue weighted by molar-refractivity contribution is 5.81. The van der Waals surface area contributed by atoms with Crippen LogP contribution in [-0.4, -0.2) is 18.6 Å². The Morgan fingerprint density at radius 2 is 2.41 bits per heavy atom. The van der Waals surface area contributed by atoms with Crippen molar-refractivity contribution < 1.29 is 9.53 Å². The minimum Gasteiger partial charge on any atom is -0.399 e. The van der Waals surface area contributed by atoms with E-state index in [1.54, 1.807) is 0 Å². The Bertz CT molecular complexity index is 412. The summed E-state index contributed by atoms with van der Waals surface area (Å²) < 4.78 is 5.32. The van der Waals surface area contributed by atoms with Crippen LogP contribution in [0.5, 0.6) is 0 Å². The Hall–Kier alpha value is -1.55. The normalized spacial score (nSPS) is 19.2. The monoisotopic (exact) mass is 234 g/mol. The molecule has 2 rings (SSSR count). The second-order valence-electron chi connectivity index (χ2n) is 4.35. The van der Waals surface area contributed by atoms with Crippen molar-refractivity contribution in [3.05, 3.63) is 29.3 Å². The fourth-order valence-electron chi connectivity index (χ4n) is 1.98. The molecule has 1 aromatic rings. The molecular weight excluding hydrogens is 216 g/mol. The molecule has 0 aliphatic carbocycles. The Labute approximate surface area is 101 Å². The summed E-state index contributed by atoms with van der Waals surface area (Å²) in [6, 6.07) is 5.73. The van der Waals surface area contributed by atoms with Gasteiger partial charge in [-0.3, -0.25) is 4.79 Å². The molecule has 1 saturated heterocycles. The first-order valence-electron chi connectivity index (χ1n) is 5.92. The van der Waals surface area contributed by atoms with Crippen molar-refractivity contribution in [2.24, 2.45) is 0 Å². The van der Waals surface area contributed by atoms with Crippen LogP contribution in [0.3, 0.4) is 0 Å². The smallest absolute Gasteiger partial charge is 0.249 e. The number of benzene rings is 1. The third-order valence-electron chi connectivity index (χ3n) is 3.16. The highest BCUT2D eigenvalue weighted by atomic mass is 16.5. The van der Waals surface area contributed by atoms with Gasteiger partial charge in [0.05, 0.1) is 0 Å². The number of nitrogens with two attached hydrogens (primary N) is 1. The number of ether oxygens (including phenoxy) is 1. The van der Waals surface area contributed by atoms with Crippen molar-refractivity contribution in [3.8, 4) is 0 Å². The maximum atomic E-state index is 11.7. The van der Waals surface area contributed by atoms with Gasteiger partial charge in [-0.25, -0.2) is 0 Å². The molecule has 1 aliphatic rings. The van der Waals surface area contributed by atoms with Gasteiger partial charge < -0.3 is 15.8 Å². The summed E-state index contributed by atoms with van der Waals surface area (Å²) in [5, 5.41) is 2.89. The molecule has 1 unspecified atom stereocenters. The van der Waals surface area contributed by atoms with Gasteiger partial charge in [-0.15, -0.1) is 0 Å². The fourth-order valence-corrected chi connectivity index (χ4v) is 1.98. The van der Waals surface area contributed by atoms with Gasteiger partial charge in [0, 0.05) is 18.8 Å². The van der Waals surface area contributed by atoms with Crippen molar-refractivity contribution in [3.63, 3.8) is 0 Å². The molecule has 17 heavy (non-hydrogen) atoms. The summed E-state index contributed by atoms with van der Waals surface area (Å²) >= 11 is 0. The number of rotatable bonds is 3. The van der Waals surface area contributed by atoms with Crippen LogP contribution in [0.1, 0.15) is 24.0 Å². The molecule has 1 atom stereocenters. The predicted molar refractivity (Wildman–Crippen MR) is 66.4 cm³/mol. The van der Waals surface area contributed by atoms with Gasteiger partial charge in [0.15, 0.2) is 0 Å². The van der Waals surface area contributed by atoms with Crippen molar-refractivity contribution >= 4 is 11.6 Å². The van der Waals surface area contributed by atoms with Crippen LogP contribution < -0.4 is 11.1 Å². The zero-order chi connectivity index (χ0) is 12.3. The largest absolute Gasteiger partial charge is 0.399 e. The van der Waals surface area contributed by atoms with Crippen LogP contribution in [0.15, 0.2) is 18.2 Å². The number of carbonyl (C=O) groups is 1. The minimum atomic E-state index is -0.267. The van der Waals surface area contributed by atoms with E-state index in [2.05, 4.69) is 5.32 Å². The van der Waals surface area contributed by atoms with E-state index in [9.17, 15) is 4.79 Å². The van der Waals surface area contributed by atoms with E-state index >= 15 is 0 Å². The van der Waals surface area contributed by atoms with E-state index in [-0.39, 0.29) is 12.0 Å². The molecule has 0 aromatic heterocycles. The molecule has 1 heterocycles. The van der Waals surface area contributed by atoms with Gasteiger partial charge in [-0.1, -0.05) is 12.1 Å². The van der Waals surface area contributed by atoms with E-state index in [4.69, 9.17) is 10.5 Å². The molecule has 1 aromatic carbocycles. The third-order valence-corrected chi connectivity index (χ3v) is 3.16. The Kier molecular flexibility index (Phi) is 3.64. The van der Waals surface area contributed by atoms with Gasteiger partial charge in [-0.05, 0) is 37.0 Å². The van der Waals surface area contributed by atoms with Crippen molar-refractivity contribution in [1.82, 2.24) is 5.32 Å². The number of hydrogen-bond acceptors (Lipinski definition) is 3. The summed E-state index contributed by atoms with van der Waals surface area (Å²) in [7, 11) is 0. The van der Waals surface area contributed by atoms with Crippen LogP contribution in [0.25, 0.3) is 0 Å². The van der Waals surface area contributed by atoms with Gasteiger partial charge in [0.1, 0.15) is 6.10 Å². The number of amides is 1. The SMILES string of the molecule is Cc1c(N)cccc1CNC(=O)C1CCCO1. The van der Waals surface area contributed by atoms with E-state index in [0.29, 0.717) is 13.2 Å². The molecule has 92 valence electrons. The standard InChI is InChI=1S/C13H18N2O2/c1-9-10(4-2-5-11(9)14)8-15-13(16)12-6-3-7-17-12/h2,4-5,12H,3,6-8,14H2,1H3,(H,15,16). The molecule has 4 heteroatoms. The lowest BCUT2D eigenvalue weighted by Crippen LogP contribution is -2.33. The maximum absolute atomic E-state index is 11.7. The predicted octanol–water partition coefficient (Wildman–Crippen LogP) is 1.37. The lowest BCUT2D eigenvalue weighted by Gasteiger charge is -2.12.